The number of rotatable bonds is 3. The summed E-state index contributed by atoms with van der Waals surface area (Å²) in [4.78, 5) is 11.7. The summed E-state index contributed by atoms with van der Waals surface area (Å²) in [6.07, 6.45) is 5.28. The predicted molar refractivity (Wildman–Crippen MR) is 97.5 cm³/mol. The van der Waals surface area contributed by atoms with Crippen molar-refractivity contribution in [1.29, 1.82) is 0 Å². The molecule has 0 spiro atoms. The van der Waals surface area contributed by atoms with Gasteiger partial charge in [-0.3, -0.25) is 0 Å². The number of carboxylic acids is 1. The molecular weight excluding hydrogens is 314 g/mol. The van der Waals surface area contributed by atoms with Crippen LogP contribution in [-0.2, 0) is 0 Å². The first-order valence-electron chi connectivity index (χ1n) is 8.54. The van der Waals surface area contributed by atoms with Gasteiger partial charge in [0.25, 0.3) is 0 Å². The fourth-order valence-electron chi connectivity index (χ4n) is 4.21. The summed E-state index contributed by atoms with van der Waals surface area (Å²) >= 11 is 0. The zero-order chi connectivity index (χ0) is 17.6. The van der Waals surface area contributed by atoms with E-state index in [0.717, 1.165) is 29.0 Å². The highest BCUT2D eigenvalue weighted by molar-refractivity contribution is 5.93. The second kappa shape index (κ2) is 5.96. The van der Waals surface area contributed by atoms with Crippen LogP contribution >= 0.6 is 0 Å². The molecule has 25 heavy (non-hydrogen) atoms. The van der Waals surface area contributed by atoms with Gasteiger partial charge in [-0.25, -0.2) is 4.79 Å². The number of carboxylic acid groups (broad SMARTS) is 1. The molecule has 0 amide bonds. The number of anilines is 1. The van der Waals surface area contributed by atoms with Gasteiger partial charge in [-0.05, 0) is 54.2 Å². The fraction of sp³-hybridized carbons (Fsp3) is 0.286. The summed E-state index contributed by atoms with van der Waals surface area (Å²) in [7, 11) is 1.67. The fourth-order valence-corrected chi connectivity index (χ4v) is 4.21. The lowest BCUT2D eigenvalue weighted by Crippen LogP contribution is -2.31. The van der Waals surface area contributed by atoms with E-state index < -0.39 is 5.97 Å². The summed E-state index contributed by atoms with van der Waals surface area (Å²) in [5.74, 6) is 0.401. The van der Waals surface area contributed by atoms with E-state index in [1.165, 1.54) is 5.56 Å². The minimum Gasteiger partial charge on any atom is -0.497 e. The standard InChI is InChI=1S/C21H21NO3/c1-12-9-10-17(21(23)24)18-15-7-4-8-16(15)20(22-19(12)18)13-5-3-6-14(11-13)25-2/h3-7,9-11,15-16,20,22H,8H2,1-2H3,(H,23,24)/t15-,16-,20+/m1/s1. The van der Waals surface area contributed by atoms with Gasteiger partial charge in [-0.2, -0.15) is 0 Å². The molecule has 0 fully saturated rings. The Morgan fingerprint density at radius 2 is 2.12 bits per heavy atom. The van der Waals surface area contributed by atoms with Gasteiger partial charge in [-0.1, -0.05) is 30.4 Å². The van der Waals surface area contributed by atoms with Crippen LogP contribution in [0.2, 0.25) is 0 Å². The third-order valence-electron chi connectivity index (χ3n) is 5.41. The van der Waals surface area contributed by atoms with Crippen molar-refractivity contribution in [2.75, 3.05) is 12.4 Å². The van der Waals surface area contributed by atoms with Crippen molar-refractivity contribution in [2.45, 2.75) is 25.3 Å². The quantitative estimate of drug-likeness (QED) is 0.809. The minimum atomic E-state index is -0.864. The molecule has 0 saturated heterocycles. The molecule has 2 aromatic rings. The molecular formula is C21H21NO3. The Morgan fingerprint density at radius 3 is 2.88 bits per heavy atom. The van der Waals surface area contributed by atoms with Gasteiger partial charge in [-0.15, -0.1) is 0 Å². The SMILES string of the molecule is COc1cccc([C@@H]2Nc3c(C)ccc(C(=O)O)c3[C@@H]3C=CC[C@H]32)c1. The number of allylic oxidation sites excluding steroid dienone is 2. The Morgan fingerprint density at radius 1 is 1.28 bits per heavy atom. The predicted octanol–water partition coefficient (Wildman–Crippen LogP) is 4.53. The first kappa shape index (κ1) is 15.8. The van der Waals surface area contributed by atoms with Crippen LogP contribution in [0.5, 0.6) is 5.75 Å². The molecule has 4 nitrogen and oxygen atoms in total. The largest absolute Gasteiger partial charge is 0.497 e. The Balaban J connectivity index is 1.85. The highest BCUT2D eigenvalue weighted by Crippen LogP contribution is 2.51. The second-order valence-electron chi connectivity index (χ2n) is 6.78. The third kappa shape index (κ3) is 2.49. The number of aryl methyl sites for hydroxylation is 1. The van der Waals surface area contributed by atoms with Gasteiger partial charge >= 0.3 is 5.97 Å². The molecule has 2 aliphatic rings. The summed E-state index contributed by atoms with van der Waals surface area (Å²) < 4.78 is 5.38. The van der Waals surface area contributed by atoms with Gasteiger partial charge in [0.15, 0.2) is 0 Å². The van der Waals surface area contributed by atoms with Crippen LogP contribution in [-0.4, -0.2) is 18.2 Å². The first-order valence-corrected chi connectivity index (χ1v) is 8.54. The van der Waals surface area contributed by atoms with Crippen LogP contribution in [0.4, 0.5) is 5.69 Å². The number of fused-ring (bicyclic) bond motifs is 3. The third-order valence-corrected chi connectivity index (χ3v) is 5.41. The Bertz CT molecular complexity index is 871. The van der Waals surface area contributed by atoms with Crippen LogP contribution in [0.1, 0.15) is 45.4 Å². The monoisotopic (exact) mass is 335 g/mol. The van der Waals surface area contributed by atoms with E-state index in [-0.39, 0.29) is 12.0 Å². The Kier molecular flexibility index (Phi) is 3.75. The van der Waals surface area contributed by atoms with E-state index in [1.807, 2.05) is 25.1 Å². The summed E-state index contributed by atoms with van der Waals surface area (Å²) in [5.41, 5.74) is 4.53. The molecule has 1 aliphatic heterocycles. The van der Waals surface area contributed by atoms with Crippen LogP contribution < -0.4 is 10.1 Å². The average Bonchev–Trinajstić information content (AvgIpc) is 3.11. The van der Waals surface area contributed by atoms with E-state index in [4.69, 9.17) is 4.74 Å². The maximum absolute atomic E-state index is 11.7. The molecule has 2 aromatic carbocycles. The molecule has 1 aliphatic carbocycles. The van der Waals surface area contributed by atoms with Crippen LogP contribution in [0, 0.1) is 12.8 Å². The molecule has 2 N–H and O–H groups in total. The zero-order valence-corrected chi connectivity index (χ0v) is 14.3. The lowest BCUT2D eigenvalue weighted by molar-refractivity contribution is 0.0695. The molecule has 1 heterocycles. The normalized spacial score (nSPS) is 23.5. The van der Waals surface area contributed by atoms with Gasteiger partial charge in [0, 0.05) is 11.6 Å². The highest BCUT2D eigenvalue weighted by atomic mass is 16.5. The van der Waals surface area contributed by atoms with Gasteiger partial charge in [0.1, 0.15) is 5.75 Å². The van der Waals surface area contributed by atoms with Crippen LogP contribution in [0.3, 0.4) is 0 Å². The van der Waals surface area contributed by atoms with Crippen molar-refractivity contribution in [2.24, 2.45) is 5.92 Å². The molecule has 3 atom stereocenters. The van der Waals surface area contributed by atoms with Crippen LogP contribution in [0.25, 0.3) is 0 Å². The highest BCUT2D eigenvalue weighted by Gasteiger charge is 2.40. The van der Waals surface area contributed by atoms with Crippen molar-refractivity contribution in [3.63, 3.8) is 0 Å². The molecule has 0 unspecified atom stereocenters. The lowest BCUT2D eigenvalue weighted by Gasteiger charge is -2.39. The van der Waals surface area contributed by atoms with Crippen molar-refractivity contribution in [3.05, 3.63) is 70.8 Å². The molecule has 4 rings (SSSR count). The van der Waals surface area contributed by atoms with Crippen molar-refractivity contribution in [1.82, 2.24) is 0 Å². The summed E-state index contributed by atoms with van der Waals surface area (Å²) in [5, 5.41) is 13.3. The van der Waals surface area contributed by atoms with E-state index in [9.17, 15) is 9.90 Å². The summed E-state index contributed by atoms with van der Waals surface area (Å²) in [6, 6.07) is 11.9. The lowest BCUT2D eigenvalue weighted by atomic mass is 9.74. The van der Waals surface area contributed by atoms with E-state index in [2.05, 4.69) is 29.6 Å². The topological polar surface area (TPSA) is 58.6 Å². The number of hydrogen-bond acceptors (Lipinski definition) is 3. The van der Waals surface area contributed by atoms with E-state index in [0.29, 0.717) is 11.5 Å². The molecule has 0 aromatic heterocycles. The Hall–Kier alpha value is -2.75. The van der Waals surface area contributed by atoms with Gasteiger partial charge < -0.3 is 15.2 Å². The van der Waals surface area contributed by atoms with Gasteiger partial charge in [0.05, 0.1) is 18.7 Å². The number of aromatic carboxylic acids is 1. The Labute approximate surface area is 147 Å². The number of carbonyl (C=O) groups is 1. The van der Waals surface area contributed by atoms with Gasteiger partial charge in [0.2, 0.25) is 0 Å². The average molecular weight is 335 g/mol. The smallest absolute Gasteiger partial charge is 0.336 e. The number of hydrogen-bond donors (Lipinski definition) is 2. The minimum absolute atomic E-state index is 0.124. The number of benzene rings is 2. The number of ether oxygens (including phenoxy) is 1. The van der Waals surface area contributed by atoms with Crippen LogP contribution in [0.15, 0.2) is 48.6 Å². The van der Waals surface area contributed by atoms with E-state index in [1.54, 1.807) is 13.2 Å². The number of nitrogens with one attached hydrogen (secondary N) is 1. The van der Waals surface area contributed by atoms with E-state index >= 15 is 0 Å². The first-order chi connectivity index (χ1) is 12.1. The van der Waals surface area contributed by atoms with Crippen molar-refractivity contribution >= 4 is 11.7 Å². The number of methoxy groups -OCH3 is 1. The molecule has 0 saturated carbocycles. The second-order valence-corrected chi connectivity index (χ2v) is 6.78. The summed E-state index contributed by atoms with van der Waals surface area (Å²) in [6.45, 7) is 2.03. The zero-order valence-electron chi connectivity index (χ0n) is 14.3. The molecule has 128 valence electrons. The maximum Gasteiger partial charge on any atom is 0.336 e. The molecule has 4 heteroatoms. The molecule has 0 radical (unpaired) electrons. The molecule has 0 bridgehead atoms. The maximum atomic E-state index is 11.7. The van der Waals surface area contributed by atoms with Crippen molar-refractivity contribution in [3.8, 4) is 5.75 Å². The van der Waals surface area contributed by atoms with Crippen molar-refractivity contribution < 1.29 is 14.6 Å².